The fourth-order valence-electron chi connectivity index (χ4n) is 9.14. The predicted octanol–water partition coefficient (Wildman–Crippen LogP) is 4.48. The van der Waals surface area contributed by atoms with Crippen molar-refractivity contribution in [3.63, 3.8) is 0 Å². The molecule has 5 heteroatoms. The molecule has 0 heterocycles. The highest BCUT2D eigenvalue weighted by atomic mass is 16.5. The van der Waals surface area contributed by atoms with Crippen molar-refractivity contribution >= 4 is 5.97 Å². The molecule has 0 aromatic rings. The van der Waals surface area contributed by atoms with Crippen LogP contribution in [0, 0.1) is 46.3 Å². The van der Waals surface area contributed by atoms with Gasteiger partial charge in [0.15, 0.2) is 0 Å². The fourth-order valence-corrected chi connectivity index (χ4v) is 9.14. The predicted molar refractivity (Wildman–Crippen MR) is 128 cm³/mol. The van der Waals surface area contributed by atoms with Crippen molar-refractivity contribution in [3.8, 4) is 0 Å². The van der Waals surface area contributed by atoms with Gasteiger partial charge in [0.1, 0.15) is 0 Å². The molecule has 33 heavy (non-hydrogen) atoms. The van der Waals surface area contributed by atoms with Gasteiger partial charge in [0.25, 0.3) is 0 Å². The molecule has 5 nitrogen and oxygen atoms in total. The number of rotatable bonds is 5. The first-order valence-corrected chi connectivity index (χ1v) is 13.3. The van der Waals surface area contributed by atoms with Gasteiger partial charge in [-0.25, -0.2) is 4.79 Å². The van der Waals surface area contributed by atoms with Crippen LogP contribution in [-0.2, 0) is 9.53 Å². The number of carbonyl (C=O) groups excluding carboxylic acids is 1. The third-order valence-corrected chi connectivity index (χ3v) is 11.1. The van der Waals surface area contributed by atoms with Crippen molar-refractivity contribution in [2.75, 3.05) is 7.11 Å². The molecule has 4 saturated carbocycles. The lowest BCUT2D eigenvalue weighted by atomic mass is 9.43. The summed E-state index contributed by atoms with van der Waals surface area (Å²) in [5.74, 6) is 1.91. The topological polar surface area (TPSA) is 87.0 Å². The number of ether oxygens (including phenoxy) is 1. The van der Waals surface area contributed by atoms with E-state index < -0.39 is 0 Å². The summed E-state index contributed by atoms with van der Waals surface area (Å²) in [5, 5.41) is 33.3. The Hall–Kier alpha value is -0.910. The first kappa shape index (κ1) is 25.2. The molecule has 0 radical (unpaired) electrons. The molecule has 0 aromatic heterocycles. The molecule has 0 aliphatic heterocycles. The second kappa shape index (κ2) is 9.28. The Morgan fingerprint density at radius 2 is 1.82 bits per heavy atom. The molecule has 4 rings (SSSR count). The van der Waals surface area contributed by atoms with Crippen molar-refractivity contribution in [2.45, 2.75) is 104 Å². The van der Waals surface area contributed by atoms with Crippen LogP contribution in [0.1, 0.15) is 85.5 Å². The molecular weight excluding hydrogens is 416 g/mol. The van der Waals surface area contributed by atoms with E-state index in [1.807, 2.05) is 6.08 Å². The summed E-state index contributed by atoms with van der Waals surface area (Å²) < 4.78 is 4.80. The zero-order valence-corrected chi connectivity index (χ0v) is 21.3. The highest BCUT2D eigenvalue weighted by Crippen LogP contribution is 2.68. The Kier molecular flexibility index (Phi) is 7.08. The van der Waals surface area contributed by atoms with E-state index in [-0.39, 0.29) is 41.0 Å². The standard InChI is InChI=1S/C28H46O5/c1-16(7-6-8-17(2)26(32)33-5)20-9-10-21-25-22(15-24(31)28(20,21)4)27(3)12-11-19(29)13-18(27)14-23(25)30/h8,16,18-25,29-31H,6-7,9-15H2,1-5H3/t16-,18?,19?,20-,21+,22+,23?,24?,25+,27+,28-/m1/s1. The molecule has 4 aliphatic carbocycles. The summed E-state index contributed by atoms with van der Waals surface area (Å²) in [4.78, 5) is 11.7. The lowest BCUT2D eigenvalue weighted by Crippen LogP contribution is -2.62. The Bertz CT molecular complexity index is 763. The maximum absolute atomic E-state index is 11.7. The number of allylic oxidation sites excluding steroid dienone is 1. The minimum atomic E-state index is -0.347. The maximum Gasteiger partial charge on any atom is 0.333 e. The molecule has 0 aromatic carbocycles. The van der Waals surface area contributed by atoms with Crippen LogP contribution < -0.4 is 0 Å². The van der Waals surface area contributed by atoms with Crippen LogP contribution in [0.25, 0.3) is 0 Å². The minimum absolute atomic E-state index is 0.116. The summed E-state index contributed by atoms with van der Waals surface area (Å²) in [6, 6.07) is 0. The Morgan fingerprint density at radius 1 is 1.09 bits per heavy atom. The minimum Gasteiger partial charge on any atom is -0.466 e. The molecule has 4 aliphatic rings. The average Bonchev–Trinajstić information content (AvgIpc) is 3.13. The van der Waals surface area contributed by atoms with Crippen LogP contribution in [0.15, 0.2) is 11.6 Å². The van der Waals surface area contributed by atoms with Crippen LogP contribution in [0.5, 0.6) is 0 Å². The van der Waals surface area contributed by atoms with E-state index in [0.717, 1.165) is 57.8 Å². The summed E-state index contributed by atoms with van der Waals surface area (Å²) >= 11 is 0. The highest BCUT2D eigenvalue weighted by molar-refractivity contribution is 5.87. The zero-order chi connectivity index (χ0) is 24.1. The lowest BCUT2D eigenvalue weighted by Gasteiger charge is -2.63. The van der Waals surface area contributed by atoms with E-state index in [9.17, 15) is 20.1 Å². The van der Waals surface area contributed by atoms with Crippen molar-refractivity contribution < 1.29 is 24.9 Å². The number of hydrogen-bond acceptors (Lipinski definition) is 5. The van der Waals surface area contributed by atoms with Gasteiger partial charge in [-0.05, 0) is 111 Å². The van der Waals surface area contributed by atoms with Gasteiger partial charge in [0.2, 0.25) is 0 Å². The van der Waals surface area contributed by atoms with Gasteiger partial charge >= 0.3 is 5.97 Å². The molecule has 0 amide bonds. The van der Waals surface area contributed by atoms with Crippen LogP contribution in [-0.4, -0.2) is 46.7 Å². The van der Waals surface area contributed by atoms with Crippen LogP contribution >= 0.6 is 0 Å². The fraction of sp³-hybridized carbons (Fsp3) is 0.893. The first-order valence-electron chi connectivity index (χ1n) is 13.3. The smallest absolute Gasteiger partial charge is 0.333 e. The summed E-state index contributed by atoms with van der Waals surface area (Å²) in [7, 11) is 1.41. The molecule has 0 spiro atoms. The monoisotopic (exact) mass is 462 g/mol. The Labute approximate surface area is 200 Å². The number of hydrogen-bond donors (Lipinski definition) is 3. The molecule has 4 unspecified atom stereocenters. The van der Waals surface area contributed by atoms with Crippen molar-refractivity contribution in [1.29, 1.82) is 0 Å². The van der Waals surface area contributed by atoms with Crippen molar-refractivity contribution in [2.24, 2.45) is 46.3 Å². The third-order valence-electron chi connectivity index (χ3n) is 11.1. The van der Waals surface area contributed by atoms with E-state index >= 15 is 0 Å². The Morgan fingerprint density at radius 3 is 2.52 bits per heavy atom. The summed E-state index contributed by atoms with van der Waals surface area (Å²) in [5.41, 5.74) is 0.609. The van der Waals surface area contributed by atoms with Gasteiger partial charge in [0, 0.05) is 5.57 Å². The van der Waals surface area contributed by atoms with E-state index in [1.165, 1.54) is 7.11 Å². The van der Waals surface area contributed by atoms with Crippen molar-refractivity contribution in [3.05, 3.63) is 11.6 Å². The Balaban J connectivity index is 1.52. The molecule has 3 N–H and O–H groups in total. The second-order valence-electron chi connectivity index (χ2n) is 12.5. The van der Waals surface area contributed by atoms with Gasteiger partial charge in [0.05, 0.1) is 25.4 Å². The van der Waals surface area contributed by atoms with E-state index in [0.29, 0.717) is 35.2 Å². The SMILES string of the molecule is COC(=O)C(C)=CCC[C@@H](C)[C@H]1CC[C@H]2[C@@H]3C(O)CC4CC(O)CC[C@]4(C)[C@H]3CC(O)[C@]12C. The largest absolute Gasteiger partial charge is 0.466 e. The normalized spacial score (nSPS) is 48.4. The molecule has 11 atom stereocenters. The number of carbonyl (C=O) groups is 1. The summed E-state index contributed by atoms with van der Waals surface area (Å²) in [6.45, 7) is 8.79. The van der Waals surface area contributed by atoms with Gasteiger partial charge in [-0.2, -0.15) is 0 Å². The number of fused-ring (bicyclic) bond motifs is 5. The number of esters is 1. The number of aliphatic hydroxyl groups is 3. The molecule has 4 fully saturated rings. The average molecular weight is 463 g/mol. The molecule has 188 valence electrons. The molecule has 0 bridgehead atoms. The van der Waals surface area contributed by atoms with Gasteiger partial charge in [-0.1, -0.05) is 26.8 Å². The quantitative estimate of drug-likeness (QED) is 0.414. The summed E-state index contributed by atoms with van der Waals surface area (Å²) in [6.07, 6.45) is 9.33. The van der Waals surface area contributed by atoms with Gasteiger partial charge in [-0.3, -0.25) is 0 Å². The van der Waals surface area contributed by atoms with E-state index in [4.69, 9.17) is 4.74 Å². The van der Waals surface area contributed by atoms with E-state index in [2.05, 4.69) is 20.8 Å². The third kappa shape index (κ3) is 4.10. The lowest BCUT2D eigenvalue weighted by molar-refractivity contribution is -0.207. The molecule has 0 saturated heterocycles. The van der Waals surface area contributed by atoms with Crippen LogP contribution in [0.3, 0.4) is 0 Å². The zero-order valence-electron chi connectivity index (χ0n) is 21.3. The van der Waals surface area contributed by atoms with E-state index in [1.54, 1.807) is 6.92 Å². The number of aliphatic hydroxyl groups excluding tert-OH is 3. The van der Waals surface area contributed by atoms with Gasteiger partial charge < -0.3 is 20.1 Å². The van der Waals surface area contributed by atoms with Crippen LogP contribution in [0.4, 0.5) is 0 Å². The first-order chi connectivity index (χ1) is 15.5. The van der Waals surface area contributed by atoms with Crippen LogP contribution in [0.2, 0.25) is 0 Å². The number of methoxy groups -OCH3 is 1. The highest BCUT2D eigenvalue weighted by Gasteiger charge is 2.65. The van der Waals surface area contributed by atoms with Crippen molar-refractivity contribution in [1.82, 2.24) is 0 Å². The molecular formula is C28H46O5. The van der Waals surface area contributed by atoms with Gasteiger partial charge in [-0.15, -0.1) is 0 Å². The maximum atomic E-state index is 11.7. The second-order valence-corrected chi connectivity index (χ2v) is 12.5.